The quantitative estimate of drug-likeness (QED) is 0.588. The molecule has 6 nitrogen and oxygen atoms in total. The Hall–Kier alpha value is -3.12. The van der Waals surface area contributed by atoms with E-state index in [-0.39, 0.29) is 17.7 Å². The number of allylic oxidation sites excluding steroid dienone is 4. The van der Waals surface area contributed by atoms with Gasteiger partial charge >= 0.3 is 5.97 Å². The van der Waals surface area contributed by atoms with Crippen molar-refractivity contribution in [3.05, 3.63) is 70.0 Å². The fourth-order valence-corrected chi connectivity index (χ4v) is 8.95. The number of aliphatic carboxylic acids is 1. The van der Waals surface area contributed by atoms with Gasteiger partial charge in [0, 0.05) is 48.7 Å². The van der Waals surface area contributed by atoms with Crippen molar-refractivity contribution in [1.82, 2.24) is 14.4 Å². The number of nitrogens with zero attached hydrogens (tertiary/aromatic N) is 3. The highest BCUT2D eigenvalue weighted by molar-refractivity contribution is 6.05. The van der Waals surface area contributed by atoms with Crippen molar-refractivity contribution in [2.75, 3.05) is 20.1 Å². The van der Waals surface area contributed by atoms with Crippen molar-refractivity contribution in [3.63, 3.8) is 0 Å². The van der Waals surface area contributed by atoms with E-state index >= 15 is 0 Å². The molecule has 4 heterocycles. The summed E-state index contributed by atoms with van der Waals surface area (Å²) in [6.45, 7) is 2.49. The van der Waals surface area contributed by atoms with E-state index in [1.54, 1.807) is 0 Å². The summed E-state index contributed by atoms with van der Waals surface area (Å²) in [5.74, 6) is -0.322. The van der Waals surface area contributed by atoms with Crippen LogP contribution in [0.15, 0.2) is 58.7 Å². The first kappa shape index (κ1) is 23.7. The number of carboxylic acid groups (broad SMARTS) is 1. The van der Waals surface area contributed by atoms with Crippen molar-refractivity contribution in [2.24, 2.45) is 5.92 Å². The summed E-state index contributed by atoms with van der Waals surface area (Å²) in [6.07, 6.45) is 13.4. The first-order chi connectivity index (χ1) is 19.0. The van der Waals surface area contributed by atoms with E-state index in [9.17, 15) is 14.7 Å². The minimum Gasteiger partial charge on any atom is -0.478 e. The zero-order chi connectivity index (χ0) is 26.4. The van der Waals surface area contributed by atoms with Gasteiger partial charge in [-0.1, -0.05) is 49.6 Å². The van der Waals surface area contributed by atoms with Gasteiger partial charge in [-0.25, -0.2) is 4.79 Å². The second kappa shape index (κ2) is 8.69. The number of hydrogen-bond donors (Lipinski definition) is 1. The van der Waals surface area contributed by atoms with E-state index in [2.05, 4.69) is 57.8 Å². The van der Waals surface area contributed by atoms with E-state index in [0.29, 0.717) is 36.5 Å². The normalized spacial score (nSPS) is 30.3. The molecule has 2 aromatic rings. The van der Waals surface area contributed by atoms with Gasteiger partial charge in [-0.3, -0.25) is 4.79 Å². The summed E-state index contributed by atoms with van der Waals surface area (Å²) in [7, 11) is 2.17. The Kier molecular flexibility index (Phi) is 5.29. The number of fused-ring (bicyclic) bond motifs is 8. The van der Waals surface area contributed by atoms with Crippen LogP contribution in [-0.4, -0.2) is 63.6 Å². The summed E-state index contributed by atoms with van der Waals surface area (Å²) in [6, 6.07) is 9.62. The van der Waals surface area contributed by atoms with Crippen LogP contribution in [0.25, 0.3) is 10.9 Å². The van der Waals surface area contributed by atoms with Gasteiger partial charge in [-0.15, -0.1) is 0 Å². The largest absolute Gasteiger partial charge is 0.478 e. The number of carbonyl (C=O) groups is 2. The number of benzene rings is 1. The highest BCUT2D eigenvalue weighted by atomic mass is 16.4. The first-order valence-electron chi connectivity index (χ1n) is 15.0. The molecule has 39 heavy (non-hydrogen) atoms. The maximum absolute atomic E-state index is 14.5. The molecule has 2 saturated heterocycles. The standard InChI is InChI=1S/C33H37N3O3/c1-34-16-21-13-14-22(17-34)36(21)32(37)25-12-6-11-24-28(25)27-15-20-9-5-10-23(19-7-3-2-4-8-19)31(20)35(27)18-26-29(24)30(26)33(38)39/h5-6,9-11,15,19,21-22,25,28H,2-4,7-8,12-14,16-18H2,1H3,(H,38,39)/t21?,22?,25-,28?/m1/s1. The Balaban J connectivity index is 1.28. The minimum absolute atomic E-state index is 0.113. The van der Waals surface area contributed by atoms with E-state index in [1.807, 2.05) is 0 Å². The van der Waals surface area contributed by atoms with Crippen LogP contribution in [0, 0.1) is 5.92 Å². The molecular weight excluding hydrogens is 486 g/mol. The summed E-state index contributed by atoms with van der Waals surface area (Å²) in [5, 5.41) is 11.3. The lowest BCUT2D eigenvalue weighted by atomic mass is 9.75. The molecular formula is C33H37N3O3. The predicted octanol–water partition coefficient (Wildman–Crippen LogP) is 5.36. The van der Waals surface area contributed by atoms with Crippen molar-refractivity contribution < 1.29 is 14.7 Å². The van der Waals surface area contributed by atoms with Gasteiger partial charge in [0.05, 0.1) is 17.0 Å². The first-order valence-corrected chi connectivity index (χ1v) is 15.0. The predicted molar refractivity (Wildman–Crippen MR) is 151 cm³/mol. The van der Waals surface area contributed by atoms with Crippen molar-refractivity contribution in [3.8, 4) is 0 Å². The van der Waals surface area contributed by atoms with Crippen LogP contribution in [0.1, 0.15) is 74.5 Å². The molecule has 6 aliphatic rings. The number of carboxylic acids is 1. The Bertz CT molecular complexity index is 1490. The van der Waals surface area contributed by atoms with Crippen LogP contribution in [0.5, 0.6) is 0 Å². The molecule has 6 heteroatoms. The molecule has 1 aromatic carbocycles. The van der Waals surface area contributed by atoms with Gasteiger partial charge in [0.2, 0.25) is 5.91 Å². The minimum atomic E-state index is -0.836. The Morgan fingerprint density at radius 1 is 1.00 bits per heavy atom. The second-order valence-electron chi connectivity index (χ2n) is 12.8. The number of rotatable bonds is 3. The van der Waals surface area contributed by atoms with E-state index in [0.717, 1.165) is 42.7 Å². The third-order valence-corrected chi connectivity index (χ3v) is 10.6. The highest BCUT2D eigenvalue weighted by Crippen LogP contribution is 2.55. The fourth-order valence-electron chi connectivity index (χ4n) is 8.95. The maximum atomic E-state index is 14.5. The number of para-hydroxylation sites is 1. The molecule has 0 spiro atoms. The number of piperazine rings is 1. The lowest BCUT2D eigenvalue weighted by Gasteiger charge is -2.43. The topological polar surface area (TPSA) is 65.8 Å². The average molecular weight is 524 g/mol. The molecule has 3 fully saturated rings. The second-order valence-corrected chi connectivity index (χ2v) is 12.8. The zero-order valence-corrected chi connectivity index (χ0v) is 22.7. The van der Waals surface area contributed by atoms with Gasteiger partial charge in [0.1, 0.15) is 0 Å². The third kappa shape index (κ3) is 3.49. The summed E-state index contributed by atoms with van der Waals surface area (Å²) in [5.41, 5.74) is 7.27. The van der Waals surface area contributed by atoms with Crippen molar-refractivity contribution >= 4 is 22.8 Å². The Morgan fingerprint density at radius 2 is 1.77 bits per heavy atom. The summed E-state index contributed by atoms with van der Waals surface area (Å²) >= 11 is 0. The van der Waals surface area contributed by atoms with Gasteiger partial charge < -0.3 is 19.5 Å². The lowest BCUT2D eigenvalue weighted by molar-refractivity contribution is -0.141. The van der Waals surface area contributed by atoms with Gasteiger partial charge in [-0.05, 0) is 73.4 Å². The maximum Gasteiger partial charge on any atom is 0.336 e. The molecule has 0 radical (unpaired) electrons. The summed E-state index contributed by atoms with van der Waals surface area (Å²) in [4.78, 5) is 31.4. The number of hydrogen-bond acceptors (Lipinski definition) is 3. The van der Waals surface area contributed by atoms with Gasteiger partial charge in [0.25, 0.3) is 0 Å². The van der Waals surface area contributed by atoms with Crippen LogP contribution < -0.4 is 0 Å². The number of amides is 1. The number of aromatic nitrogens is 1. The van der Waals surface area contributed by atoms with Crippen LogP contribution in [0.2, 0.25) is 0 Å². The third-order valence-electron chi connectivity index (χ3n) is 10.6. The lowest BCUT2D eigenvalue weighted by Crippen LogP contribution is -2.56. The summed E-state index contributed by atoms with van der Waals surface area (Å²) < 4.78 is 2.42. The van der Waals surface area contributed by atoms with E-state index in [1.165, 1.54) is 54.3 Å². The number of likely N-dealkylation sites (N-methyl/N-ethyl adjacent to an activating group) is 1. The molecule has 3 aliphatic carbocycles. The van der Waals surface area contributed by atoms with Crippen LogP contribution in [-0.2, 0) is 16.1 Å². The monoisotopic (exact) mass is 523 g/mol. The smallest absolute Gasteiger partial charge is 0.336 e. The molecule has 3 unspecified atom stereocenters. The van der Waals surface area contributed by atoms with Crippen LogP contribution >= 0.6 is 0 Å². The Morgan fingerprint density at radius 3 is 2.51 bits per heavy atom. The molecule has 1 N–H and O–H groups in total. The van der Waals surface area contributed by atoms with E-state index < -0.39 is 5.97 Å². The van der Waals surface area contributed by atoms with Crippen molar-refractivity contribution in [2.45, 2.75) is 81.8 Å². The fraction of sp³-hybridized carbons (Fsp3) is 0.515. The molecule has 4 atom stereocenters. The number of carbonyl (C=O) groups excluding carboxylic acids is 1. The van der Waals surface area contributed by atoms with Crippen molar-refractivity contribution in [1.29, 1.82) is 0 Å². The average Bonchev–Trinajstić information content (AvgIpc) is 3.49. The van der Waals surface area contributed by atoms with E-state index in [4.69, 9.17) is 0 Å². The molecule has 1 amide bonds. The van der Waals surface area contributed by atoms with Gasteiger partial charge in [-0.2, -0.15) is 0 Å². The zero-order valence-electron chi connectivity index (χ0n) is 22.7. The molecule has 202 valence electrons. The highest BCUT2D eigenvalue weighted by Gasteiger charge is 2.50. The molecule has 2 bridgehead atoms. The molecule has 1 aromatic heterocycles. The SMILES string of the molecule is CN1CC2CCC(C1)N2C(=O)[C@@H]1CC=CC2=C3C(=C3C(=O)O)Cn3c(cc4cccc(C5CCCCC5)c43)C21. The van der Waals surface area contributed by atoms with Crippen LogP contribution in [0.3, 0.4) is 0 Å². The van der Waals surface area contributed by atoms with Gasteiger partial charge in [0.15, 0.2) is 0 Å². The molecule has 3 aliphatic heterocycles. The molecule has 1 saturated carbocycles. The Labute approximate surface area is 229 Å². The number of likely N-dealkylation sites (tertiary alicyclic amines) is 1. The van der Waals surface area contributed by atoms with Crippen LogP contribution in [0.4, 0.5) is 0 Å². The molecule has 8 rings (SSSR count).